The van der Waals surface area contributed by atoms with E-state index in [4.69, 9.17) is 9.84 Å². The van der Waals surface area contributed by atoms with E-state index in [1.807, 2.05) is 0 Å². The molecule has 1 N–H and O–H groups in total. The summed E-state index contributed by atoms with van der Waals surface area (Å²) in [6, 6.07) is 2.15. The van der Waals surface area contributed by atoms with E-state index in [1.165, 1.54) is 0 Å². The van der Waals surface area contributed by atoms with Gasteiger partial charge in [-0.05, 0) is 24.8 Å². The zero-order valence-electron chi connectivity index (χ0n) is 9.91. The largest absolute Gasteiger partial charge is 0.477 e. The fourth-order valence-electron chi connectivity index (χ4n) is 1.55. The van der Waals surface area contributed by atoms with Gasteiger partial charge in [0.15, 0.2) is 5.69 Å². The zero-order chi connectivity index (χ0) is 14.0. The van der Waals surface area contributed by atoms with Crippen LogP contribution in [0.25, 0.3) is 0 Å². The van der Waals surface area contributed by atoms with Crippen LogP contribution in [0.5, 0.6) is 5.88 Å². The van der Waals surface area contributed by atoms with Gasteiger partial charge in [0.1, 0.15) is 0 Å². The molecule has 1 saturated carbocycles. The molecule has 1 aliphatic rings. The molecule has 0 bridgehead atoms. The lowest BCUT2D eigenvalue weighted by Gasteiger charge is -2.12. The van der Waals surface area contributed by atoms with Gasteiger partial charge < -0.3 is 9.84 Å². The van der Waals surface area contributed by atoms with Gasteiger partial charge in [0.2, 0.25) is 5.88 Å². The molecule has 2 rings (SSSR count). The van der Waals surface area contributed by atoms with E-state index in [1.54, 1.807) is 0 Å². The van der Waals surface area contributed by atoms with Crippen molar-refractivity contribution in [2.24, 2.45) is 5.92 Å². The number of carbonyl (C=O) groups is 1. The van der Waals surface area contributed by atoms with Crippen molar-refractivity contribution in [1.29, 1.82) is 0 Å². The molecule has 0 amide bonds. The molecule has 1 fully saturated rings. The van der Waals surface area contributed by atoms with Crippen LogP contribution in [0.2, 0.25) is 0 Å². The summed E-state index contributed by atoms with van der Waals surface area (Å²) in [6.07, 6.45) is -3.61. The lowest BCUT2D eigenvalue weighted by molar-refractivity contribution is -0.127. The summed E-state index contributed by atoms with van der Waals surface area (Å²) in [5, 5.41) is 8.78. The van der Waals surface area contributed by atoms with Crippen LogP contribution in [-0.2, 0) is 6.42 Å². The van der Waals surface area contributed by atoms with E-state index >= 15 is 0 Å². The number of alkyl halides is 3. The third-order valence-electron chi connectivity index (χ3n) is 2.70. The predicted molar refractivity (Wildman–Crippen MR) is 59.2 cm³/mol. The minimum Gasteiger partial charge on any atom is -0.477 e. The van der Waals surface area contributed by atoms with Crippen molar-refractivity contribution in [2.45, 2.75) is 25.4 Å². The Labute approximate surface area is 107 Å². The highest BCUT2D eigenvalue weighted by molar-refractivity contribution is 5.85. The fourth-order valence-corrected chi connectivity index (χ4v) is 1.55. The predicted octanol–water partition coefficient (Wildman–Crippen LogP) is 2.67. The Hall–Kier alpha value is -1.79. The molecule has 0 spiro atoms. The normalized spacial score (nSPS) is 15.3. The second-order valence-corrected chi connectivity index (χ2v) is 4.51. The molecular weight excluding hydrogens is 263 g/mol. The van der Waals surface area contributed by atoms with Gasteiger partial charge >= 0.3 is 12.1 Å². The number of carboxylic acids is 1. The summed E-state index contributed by atoms with van der Waals surface area (Å²) in [6.45, 7) is 0.279. The van der Waals surface area contributed by atoms with Gasteiger partial charge in [-0.1, -0.05) is 6.07 Å². The van der Waals surface area contributed by atoms with E-state index in [-0.39, 0.29) is 23.7 Å². The number of halogens is 3. The van der Waals surface area contributed by atoms with Crippen LogP contribution in [0.3, 0.4) is 0 Å². The van der Waals surface area contributed by atoms with Crippen molar-refractivity contribution in [3.63, 3.8) is 0 Å². The molecule has 19 heavy (non-hydrogen) atoms. The number of hydrogen-bond donors (Lipinski definition) is 1. The number of hydrogen-bond acceptors (Lipinski definition) is 3. The molecular formula is C12H12F3NO3. The summed E-state index contributed by atoms with van der Waals surface area (Å²) >= 11 is 0. The third kappa shape index (κ3) is 4.11. The standard InChI is InChI=1S/C12H12F3NO3/c13-12(14,15)5-8-3-4-9(11(17)18)16-10(8)19-6-7-1-2-7/h3-4,7H,1-2,5-6H2,(H,17,18). The highest BCUT2D eigenvalue weighted by atomic mass is 19.4. The van der Waals surface area contributed by atoms with Gasteiger partial charge in [0.05, 0.1) is 13.0 Å². The summed E-state index contributed by atoms with van der Waals surface area (Å²) in [5.41, 5.74) is -0.463. The maximum Gasteiger partial charge on any atom is 0.393 e. The monoisotopic (exact) mass is 275 g/mol. The van der Waals surface area contributed by atoms with Crippen molar-refractivity contribution >= 4 is 5.97 Å². The molecule has 1 aliphatic carbocycles. The Morgan fingerprint density at radius 3 is 2.63 bits per heavy atom. The summed E-state index contributed by atoms with van der Waals surface area (Å²) in [5.74, 6) is -1.19. The van der Waals surface area contributed by atoms with Crippen LogP contribution in [-0.4, -0.2) is 28.8 Å². The lowest BCUT2D eigenvalue weighted by Crippen LogP contribution is -2.15. The van der Waals surface area contributed by atoms with Crippen molar-refractivity contribution in [2.75, 3.05) is 6.61 Å². The molecule has 0 saturated heterocycles. The van der Waals surface area contributed by atoms with Crippen LogP contribution in [0, 0.1) is 5.92 Å². The maximum atomic E-state index is 12.4. The van der Waals surface area contributed by atoms with Gasteiger partial charge in [0, 0.05) is 5.56 Å². The first-order valence-corrected chi connectivity index (χ1v) is 5.78. The van der Waals surface area contributed by atoms with Gasteiger partial charge in [-0.15, -0.1) is 0 Å². The van der Waals surface area contributed by atoms with Gasteiger partial charge in [-0.2, -0.15) is 13.2 Å². The van der Waals surface area contributed by atoms with Crippen LogP contribution >= 0.6 is 0 Å². The topological polar surface area (TPSA) is 59.4 Å². The summed E-state index contributed by atoms with van der Waals surface area (Å²) in [7, 11) is 0. The van der Waals surface area contributed by atoms with Crippen LogP contribution < -0.4 is 4.74 Å². The smallest absolute Gasteiger partial charge is 0.393 e. The van der Waals surface area contributed by atoms with E-state index in [9.17, 15) is 18.0 Å². The van der Waals surface area contributed by atoms with Crippen molar-refractivity contribution in [1.82, 2.24) is 4.98 Å². The van der Waals surface area contributed by atoms with Gasteiger partial charge in [-0.25, -0.2) is 9.78 Å². The molecule has 4 nitrogen and oxygen atoms in total. The van der Waals surface area contributed by atoms with E-state index in [0.29, 0.717) is 5.92 Å². The number of pyridine rings is 1. The Bertz CT molecular complexity index is 484. The number of aromatic nitrogens is 1. The van der Waals surface area contributed by atoms with E-state index in [2.05, 4.69) is 4.98 Å². The average molecular weight is 275 g/mol. The second-order valence-electron chi connectivity index (χ2n) is 4.51. The quantitative estimate of drug-likeness (QED) is 0.897. The molecule has 1 aromatic heterocycles. The van der Waals surface area contributed by atoms with Crippen molar-refractivity contribution in [3.8, 4) is 5.88 Å². The van der Waals surface area contributed by atoms with Gasteiger partial charge in [-0.3, -0.25) is 0 Å². The summed E-state index contributed by atoms with van der Waals surface area (Å²) < 4.78 is 42.4. The van der Waals surface area contributed by atoms with Crippen molar-refractivity contribution < 1.29 is 27.8 Å². The Kier molecular flexibility index (Phi) is 3.64. The number of nitrogens with zero attached hydrogens (tertiary/aromatic N) is 1. The van der Waals surface area contributed by atoms with Crippen LogP contribution in [0.1, 0.15) is 28.9 Å². The highest BCUT2D eigenvalue weighted by Crippen LogP contribution is 2.31. The number of aromatic carboxylic acids is 1. The average Bonchev–Trinajstić information content (AvgIpc) is 3.09. The lowest BCUT2D eigenvalue weighted by atomic mass is 10.2. The number of carboxylic acid groups (broad SMARTS) is 1. The molecule has 1 aromatic rings. The van der Waals surface area contributed by atoms with E-state index < -0.39 is 18.6 Å². The van der Waals surface area contributed by atoms with Crippen molar-refractivity contribution in [3.05, 3.63) is 23.4 Å². The molecule has 104 valence electrons. The first-order chi connectivity index (χ1) is 8.85. The molecule has 0 aromatic carbocycles. The molecule has 1 heterocycles. The SMILES string of the molecule is O=C(O)c1ccc(CC(F)(F)F)c(OCC2CC2)n1. The van der Waals surface area contributed by atoms with Crippen LogP contribution in [0.15, 0.2) is 12.1 Å². The minimum atomic E-state index is -4.38. The molecule has 0 unspecified atom stereocenters. The second kappa shape index (κ2) is 5.07. The molecule has 7 heteroatoms. The number of rotatable bonds is 5. The first-order valence-electron chi connectivity index (χ1n) is 5.78. The Morgan fingerprint density at radius 2 is 2.11 bits per heavy atom. The third-order valence-corrected chi connectivity index (χ3v) is 2.70. The highest BCUT2D eigenvalue weighted by Gasteiger charge is 2.31. The zero-order valence-corrected chi connectivity index (χ0v) is 9.91. The summed E-state index contributed by atoms with van der Waals surface area (Å²) in [4.78, 5) is 14.4. The number of ether oxygens (including phenoxy) is 1. The minimum absolute atomic E-state index is 0.141. The Balaban J connectivity index is 2.20. The van der Waals surface area contributed by atoms with E-state index in [0.717, 1.165) is 25.0 Å². The Morgan fingerprint density at radius 1 is 1.42 bits per heavy atom. The van der Waals surface area contributed by atoms with Crippen LogP contribution in [0.4, 0.5) is 13.2 Å². The molecule has 0 atom stereocenters. The van der Waals surface area contributed by atoms with Gasteiger partial charge in [0.25, 0.3) is 0 Å². The first kappa shape index (κ1) is 13.6. The molecule has 0 aliphatic heterocycles. The molecule has 0 radical (unpaired) electrons. The maximum absolute atomic E-state index is 12.4. The fraction of sp³-hybridized carbons (Fsp3) is 0.500.